The first-order valence-corrected chi connectivity index (χ1v) is 11.7. The molecule has 0 bridgehead atoms. The fraction of sp³-hybridized carbons (Fsp3) is 0.417. The van der Waals surface area contributed by atoms with Crippen LogP contribution in [0.3, 0.4) is 0 Å². The summed E-state index contributed by atoms with van der Waals surface area (Å²) < 4.78 is 0.456. The Kier molecular flexibility index (Phi) is 1.32. The van der Waals surface area contributed by atoms with E-state index in [4.69, 9.17) is 0 Å². The van der Waals surface area contributed by atoms with Gasteiger partial charge in [-0.05, 0) is 0 Å². The van der Waals surface area contributed by atoms with Gasteiger partial charge in [-0.3, -0.25) is 0 Å². The van der Waals surface area contributed by atoms with E-state index < -0.39 is 7.31 Å². The van der Waals surface area contributed by atoms with E-state index in [2.05, 4.69) is 0 Å². The Morgan fingerprint density at radius 2 is 1.44 bits per heavy atom. The van der Waals surface area contributed by atoms with E-state index in [0.717, 1.165) is 0 Å². The quantitative estimate of drug-likeness (QED) is 0.684. The Morgan fingerprint density at radius 3 is 1.69 bits per heavy atom. The third-order valence-corrected chi connectivity index (χ3v) is 11.9. The molecule has 0 amide bonds. The topological polar surface area (TPSA) is 51.2 Å². The molecule has 0 N–H and O–H groups in total. The van der Waals surface area contributed by atoms with Gasteiger partial charge in [0.05, 0.1) is 0 Å². The molecule has 0 radical (unpaired) electrons. The molecule has 0 atom stereocenters. The van der Waals surface area contributed by atoms with Crippen LogP contribution in [0.25, 0.3) is 0 Å². The second kappa shape index (κ2) is 1.65. The predicted octanol–water partition coefficient (Wildman–Crippen LogP) is 2.52. The molecule has 0 unspecified atom stereocenters. The molecular formula is C12H17MnO3. The van der Waals surface area contributed by atoms with Gasteiger partial charge in [0.25, 0.3) is 0 Å². The summed E-state index contributed by atoms with van der Waals surface area (Å²) in [4.78, 5) is 40.5. The van der Waals surface area contributed by atoms with E-state index >= 15 is 0 Å². The summed E-state index contributed by atoms with van der Waals surface area (Å²) in [6.45, 7) is 0. The summed E-state index contributed by atoms with van der Waals surface area (Å²) >= 11 is 0. The fourth-order valence-corrected chi connectivity index (χ4v) is 4.66. The van der Waals surface area contributed by atoms with Crippen LogP contribution in [-0.2, 0) is 21.7 Å². The number of hydrogen-bond acceptors (Lipinski definition) is 3. The summed E-state index contributed by atoms with van der Waals surface area (Å²) in [6, 6.07) is 0. The Labute approximate surface area is 88.7 Å². The molecule has 0 aromatic rings. The third-order valence-electron chi connectivity index (χ3n) is 3.33. The van der Waals surface area contributed by atoms with Crippen molar-refractivity contribution in [2.45, 2.75) is 29.7 Å². The summed E-state index contributed by atoms with van der Waals surface area (Å²) in [7, 11) is -6.00. The first-order chi connectivity index (χ1) is 6.81. The maximum absolute atomic E-state index is 11.7. The molecule has 0 saturated heterocycles. The van der Waals surface area contributed by atoms with Gasteiger partial charge in [0.2, 0.25) is 0 Å². The van der Waals surface area contributed by atoms with Gasteiger partial charge in [-0.1, -0.05) is 0 Å². The molecule has 0 aliphatic heterocycles. The summed E-state index contributed by atoms with van der Waals surface area (Å²) in [5.41, 5.74) is 0. The standard InChI is InChI=1S/C5H5.3CO.4CH3.Mn/c1-2-4-5-3-1;3*1-2;;;;;/h1-3H,4H2;;;;4*1H3;. The summed E-state index contributed by atoms with van der Waals surface area (Å²) in [5.74, 6) is 5.51. The van der Waals surface area contributed by atoms with Gasteiger partial charge in [0.15, 0.2) is 0 Å². The van der Waals surface area contributed by atoms with E-state index in [1.54, 1.807) is 32.6 Å². The van der Waals surface area contributed by atoms with E-state index in [0.29, 0.717) is 10.9 Å². The minimum atomic E-state index is -6.00. The van der Waals surface area contributed by atoms with Crippen molar-refractivity contribution < 1.29 is 21.7 Å². The fourth-order valence-electron chi connectivity index (χ4n) is 1.39. The zero-order valence-electron chi connectivity index (χ0n) is 10.0. The number of hydrogen-bond donors (Lipinski definition) is 0. The summed E-state index contributed by atoms with van der Waals surface area (Å²) in [5, 5.41) is 0. The Morgan fingerprint density at radius 1 is 1.00 bits per heavy atom. The molecule has 16 heavy (non-hydrogen) atoms. The van der Waals surface area contributed by atoms with Crippen LogP contribution < -0.4 is 0 Å². The van der Waals surface area contributed by atoms with Gasteiger partial charge in [-0.15, -0.1) is 0 Å². The maximum atomic E-state index is 11.7. The summed E-state index contributed by atoms with van der Waals surface area (Å²) in [6.07, 6.45) is 5.52. The van der Waals surface area contributed by atoms with Gasteiger partial charge in [-0.2, -0.15) is 0 Å². The average molecular weight is 264 g/mol. The first kappa shape index (κ1) is 12.8. The Hall–Kier alpha value is -1.26. The Balaban J connectivity index is 4.85. The van der Waals surface area contributed by atoms with Crippen LogP contribution in [0, 0.1) is 0 Å². The van der Waals surface area contributed by atoms with Crippen LogP contribution in [0.5, 0.6) is 0 Å². The van der Waals surface area contributed by atoms with Crippen LogP contribution in [0.4, 0.5) is 0 Å². The molecule has 1 aliphatic carbocycles. The van der Waals surface area contributed by atoms with Crippen molar-refractivity contribution in [3.05, 3.63) is 22.7 Å². The third kappa shape index (κ3) is 1.06. The first-order valence-electron chi connectivity index (χ1n) is 4.60. The molecule has 0 heterocycles. The van der Waals surface area contributed by atoms with E-state index in [1.165, 1.54) is 23.3 Å². The van der Waals surface area contributed by atoms with Gasteiger partial charge in [0.1, 0.15) is 0 Å². The van der Waals surface area contributed by atoms with Gasteiger partial charge in [0, 0.05) is 0 Å². The zero-order valence-corrected chi connectivity index (χ0v) is 11.2. The average Bonchev–Trinajstić information content (AvgIpc) is 2.75. The van der Waals surface area contributed by atoms with Crippen LogP contribution in [0.1, 0.15) is 6.42 Å². The molecule has 0 saturated carbocycles. The van der Waals surface area contributed by atoms with Crippen LogP contribution >= 0.6 is 0 Å². The van der Waals surface area contributed by atoms with Crippen LogP contribution in [0.15, 0.2) is 22.7 Å². The Bertz CT molecular complexity index is 836. The molecule has 0 aromatic carbocycles. The van der Waals surface area contributed by atoms with Crippen molar-refractivity contribution in [3.63, 3.8) is 0 Å². The molecule has 90 valence electrons. The van der Waals surface area contributed by atoms with Crippen molar-refractivity contribution in [1.29, 1.82) is 0 Å². The SMILES string of the molecule is [CH3][Mn]([CH3])([CH3])([CH3])(=[C]=O)(=[C]=O)(=[C]=O)[C]1=CC=CC1. The normalized spacial score (nSPS) is 24.6. The van der Waals surface area contributed by atoms with Crippen molar-refractivity contribution in [2.75, 3.05) is 0 Å². The molecule has 3 nitrogen and oxygen atoms in total. The molecule has 0 aromatic heterocycles. The molecule has 4 heteroatoms. The van der Waals surface area contributed by atoms with Gasteiger partial charge >= 0.3 is 88.5 Å². The van der Waals surface area contributed by atoms with E-state index in [-0.39, 0.29) is 0 Å². The molecular weight excluding hydrogens is 247 g/mol. The molecule has 0 spiro atoms. The molecule has 0 fully saturated rings. The van der Waals surface area contributed by atoms with E-state index in [9.17, 15) is 14.4 Å². The van der Waals surface area contributed by atoms with E-state index in [1.807, 2.05) is 0 Å². The predicted molar refractivity (Wildman–Crippen MR) is 62.4 cm³/mol. The second-order valence-corrected chi connectivity index (χ2v) is 27.1. The number of allylic oxidation sites excluding steroid dienone is 4. The van der Waals surface area contributed by atoms with Crippen molar-refractivity contribution in [1.82, 2.24) is 0 Å². The van der Waals surface area contributed by atoms with Gasteiger partial charge in [-0.25, -0.2) is 0 Å². The van der Waals surface area contributed by atoms with Crippen molar-refractivity contribution in [2.24, 2.45) is 0 Å². The van der Waals surface area contributed by atoms with Crippen LogP contribution in [-0.4, -0.2) is 14.4 Å². The monoisotopic (exact) mass is 264 g/mol. The van der Waals surface area contributed by atoms with Crippen LogP contribution in [0.2, 0.25) is 23.3 Å². The molecule has 1 aliphatic rings. The molecule has 1 rings (SSSR count). The number of rotatable bonds is 1. The minimum absolute atomic E-state index is 0.378. The van der Waals surface area contributed by atoms with Gasteiger partial charge < -0.3 is 0 Å². The van der Waals surface area contributed by atoms with Crippen molar-refractivity contribution in [3.8, 4) is 0 Å². The zero-order chi connectivity index (χ0) is 12.9. The number of carbonyl (C=O) groups excluding carboxylic acids is 3. The second-order valence-electron chi connectivity index (χ2n) is 7.34. The van der Waals surface area contributed by atoms with Crippen molar-refractivity contribution >= 4 is 14.4 Å².